The highest BCUT2D eigenvalue weighted by atomic mass is 32.2. The summed E-state index contributed by atoms with van der Waals surface area (Å²) >= 11 is 0. The molecule has 0 fully saturated rings. The topological polar surface area (TPSA) is 96.8 Å². The lowest BCUT2D eigenvalue weighted by atomic mass is 10.0. The van der Waals surface area contributed by atoms with Crippen LogP contribution in [-0.4, -0.2) is 24.5 Å². The molecule has 0 radical (unpaired) electrons. The van der Waals surface area contributed by atoms with Gasteiger partial charge in [0.2, 0.25) is 0 Å². The number of pyridine rings is 1. The van der Waals surface area contributed by atoms with E-state index >= 15 is 0 Å². The quantitative estimate of drug-likeness (QED) is 0.333. The third-order valence-electron chi connectivity index (χ3n) is 5.94. The minimum absolute atomic E-state index is 0.110. The van der Waals surface area contributed by atoms with Crippen molar-refractivity contribution in [3.63, 3.8) is 0 Å². The number of carbonyl (C=O) groups is 1. The highest BCUT2D eigenvalue weighted by Crippen LogP contribution is 2.44. The van der Waals surface area contributed by atoms with Crippen LogP contribution >= 0.6 is 0 Å². The number of aliphatic carboxylic acids is 1. The van der Waals surface area contributed by atoms with Crippen LogP contribution in [0.15, 0.2) is 77.7 Å². The van der Waals surface area contributed by atoms with Crippen molar-refractivity contribution in [2.75, 3.05) is 4.31 Å². The maximum absolute atomic E-state index is 13.8. The molecular formula is C28H27FN2O5S. The molecule has 4 aromatic rings. The van der Waals surface area contributed by atoms with E-state index in [0.717, 1.165) is 15.6 Å². The molecule has 9 heteroatoms. The maximum atomic E-state index is 13.8. The number of rotatable bonds is 6. The van der Waals surface area contributed by atoms with E-state index in [0.29, 0.717) is 27.9 Å². The van der Waals surface area contributed by atoms with Crippen molar-refractivity contribution < 1.29 is 27.4 Å². The van der Waals surface area contributed by atoms with Crippen molar-refractivity contribution in [3.8, 4) is 5.75 Å². The first-order chi connectivity index (χ1) is 17.7. The van der Waals surface area contributed by atoms with Gasteiger partial charge in [-0.1, -0.05) is 32.0 Å². The Kier molecular flexibility index (Phi) is 7.45. The van der Waals surface area contributed by atoms with Crippen molar-refractivity contribution in [1.82, 2.24) is 4.98 Å². The molecule has 1 aliphatic heterocycles. The zero-order chi connectivity index (χ0) is 26.7. The average Bonchev–Trinajstić information content (AvgIpc) is 3.10. The Balaban J connectivity index is 0.00000156. The SMILES string of the molecule is CC.Cc1cc(COc2ccc(N3C(CC(=O)O)c4ccccc4S3(=O)=O)cc2)c2cc(F)ccc2n1. The molecule has 3 aromatic carbocycles. The minimum atomic E-state index is -3.91. The molecule has 192 valence electrons. The lowest BCUT2D eigenvalue weighted by molar-refractivity contribution is -0.137. The lowest BCUT2D eigenvalue weighted by Crippen LogP contribution is -2.29. The number of nitrogens with zero attached hydrogens (tertiary/aromatic N) is 2. The highest BCUT2D eigenvalue weighted by molar-refractivity contribution is 7.93. The Bertz CT molecular complexity index is 1560. The molecule has 0 saturated heterocycles. The number of halogens is 1. The number of benzene rings is 3. The van der Waals surface area contributed by atoms with Crippen molar-refractivity contribution in [3.05, 3.63) is 95.4 Å². The van der Waals surface area contributed by atoms with Gasteiger partial charge in [0.15, 0.2) is 0 Å². The number of hydrogen-bond donors (Lipinski definition) is 1. The first-order valence-corrected chi connectivity index (χ1v) is 13.3. The number of carboxylic acid groups (broad SMARTS) is 1. The molecule has 0 bridgehead atoms. The number of aromatic nitrogens is 1. The monoisotopic (exact) mass is 522 g/mol. The maximum Gasteiger partial charge on any atom is 0.305 e. The van der Waals surface area contributed by atoms with Crippen LogP contribution in [0.2, 0.25) is 0 Å². The summed E-state index contributed by atoms with van der Waals surface area (Å²) in [6, 6.07) is 18.3. The van der Waals surface area contributed by atoms with Crippen LogP contribution in [0.1, 0.15) is 43.1 Å². The molecule has 0 aliphatic carbocycles. The molecule has 5 rings (SSSR count). The molecule has 1 atom stereocenters. The Hall–Kier alpha value is -3.98. The number of carboxylic acids is 1. The molecule has 37 heavy (non-hydrogen) atoms. The van der Waals surface area contributed by atoms with Gasteiger partial charge in [-0.15, -0.1) is 0 Å². The van der Waals surface area contributed by atoms with Gasteiger partial charge in [-0.05, 0) is 67.1 Å². The van der Waals surface area contributed by atoms with Crippen LogP contribution < -0.4 is 9.04 Å². The van der Waals surface area contributed by atoms with Gasteiger partial charge in [0.25, 0.3) is 10.0 Å². The molecule has 0 amide bonds. The summed E-state index contributed by atoms with van der Waals surface area (Å²) in [7, 11) is -3.91. The summed E-state index contributed by atoms with van der Waals surface area (Å²) < 4.78 is 47.3. The fourth-order valence-corrected chi connectivity index (χ4v) is 6.34. The summed E-state index contributed by atoms with van der Waals surface area (Å²) in [5.74, 6) is -0.975. The summed E-state index contributed by atoms with van der Waals surface area (Å²) in [5.41, 5.74) is 3.02. The molecule has 0 saturated carbocycles. The van der Waals surface area contributed by atoms with E-state index in [1.165, 1.54) is 18.2 Å². The predicted molar refractivity (Wildman–Crippen MR) is 140 cm³/mol. The van der Waals surface area contributed by atoms with Crippen LogP contribution in [0.4, 0.5) is 10.1 Å². The normalized spacial score (nSPS) is 15.6. The van der Waals surface area contributed by atoms with E-state index in [4.69, 9.17) is 4.74 Å². The van der Waals surface area contributed by atoms with E-state index in [1.54, 1.807) is 48.5 Å². The number of aryl methyl sites for hydroxylation is 1. The van der Waals surface area contributed by atoms with E-state index < -0.39 is 22.0 Å². The Morgan fingerprint density at radius 1 is 1.05 bits per heavy atom. The van der Waals surface area contributed by atoms with Crippen molar-refractivity contribution >= 4 is 32.6 Å². The summed E-state index contributed by atoms with van der Waals surface area (Å²) in [5, 5.41) is 10.1. The van der Waals surface area contributed by atoms with Crippen LogP contribution in [0.5, 0.6) is 5.75 Å². The van der Waals surface area contributed by atoms with Crippen molar-refractivity contribution in [1.29, 1.82) is 0 Å². The number of anilines is 1. The molecule has 1 N–H and O–H groups in total. The summed E-state index contributed by atoms with van der Waals surface area (Å²) in [6.07, 6.45) is -0.362. The largest absolute Gasteiger partial charge is 0.489 e. The Labute approximate surface area is 215 Å². The smallest absolute Gasteiger partial charge is 0.305 e. The van der Waals surface area contributed by atoms with E-state index in [1.807, 2.05) is 26.8 Å². The summed E-state index contributed by atoms with van der Waals surface area (Å²) in [4.78, 5) is 16.0. The van der Waals surface area contributed by atoms with Gasteiger partial charge in [0.05, 0.1) is 28.6 Å². The minimum Gasteiger partial charge on any atom is -0.489 e. The second kappa shape index (κ2) is 10.6. The van der Waals surface area contributed by atoms with Crippen molar-refractivity contribution in [2.45, 2.75) is 44.7 Å². The van der Waals surface area contributed by atoms with Gasteiger partial charge < -0.3 is 9.84 Å². The van der Waals surface area contributed by atoms with Gasteiger partial charge in [-0.25, -0.2) is 12.8 Å². The third-order valence-corrected chi connectivity index (χ3v) is 7.85. The third kappa shape index (κ3) is 5.13. The fourth-order valence-electron chi connectivity index (χ4n) is 4.45. The van der Waals surface area contributed by atoms with E-state index in [9.17, 15) is 22.7 Å². The summed E-state index contributed by atoms with van der Waals surface area (Å²) in [6.45, 7) is 6.01. The number of hydrogen-bond acceptors (Lipinski definition) is 5. The second-order valence-corrected chi connectivity index (χ2v) is 10.1. The molecule has 1 aliphatic rings. The first-order valence-electron chi connectivity index (χ1n) is 11.9. The van der Waals surface area contributed by atoms with E-state index in [2.05, 4.69) is 4.98 Å². The Morgan fingerprint density at radius 3 is 2.46 bits per heavy atom. The number of fused-ring (bicyclic) bond motifs is 2. The molecule has 1 aromatic heterocycles. The Morgan fingerprint density at radius 2 is 1.76 bits per heavy atom. The predicted octanol–water partition coefficient (Wildman–Crippen LogP) is 6.01. The van der Waals surface area contributed by atoms with Crippen LogP contribution in [0, 0.1) is 12.7 Å². The van der Waals surface area contributed by atoms with Gasteiger partial charge in [0, 0.05) is 16.6 Å². The number of ether oxygens (including phenoxy) is 1. The van der Waals surface area contributed by atoms with Gasteiger partial charge in [-0.2, -0.15) is 0 Å². The van der Waals surface area contributed by atoms with Crippen LogP contribution in [0.3, 0.4) is 0 Å². The zero-order valence-corrected chi connectivity index (χ0v) is 21.5. The molecule has 2 heterocycles. The molecule has 7 nitrogen and oxygen atoms in total. The number of sulfonamides is 1. The average molecular weight is 523 g/mol. The van der Waals surface area contributed by atoms with Crippen molar-refractivity contribution in [2.24, 2.45) is 0 Å². The van der Waals surface area contributed by atoms with Crippen LogP contribution in [0.25, 0.3) is 10.9 Å². The van der Waals surface area contributed by atoms with Gasteiger partial charge in [-0.3, -0.25) is 14.1 Å². The lowest BCUT2D eigenvalue weighted by Gasteiger charge is -2.24. The van der Waals surface area contributed by atoms with Gasteiger partial charge in [0.1, 0.15) is 18.2 Å². The fraction of sp³-hybridized carbons (Fsp3) is 0.214. The van der Waals surface area contributed by atoms with Crippen LogP contribution in [-0.2, 0) is 21.4 Å². The molecular weight excluding hydrogens is 495 g/mol. The first kappa shape index (κ1) is 26.1. The standard InChI is InChI=1S/C26H21FN2O5S.C2H6/c1-16-12-17(22-13-18(27)6-11-23(22)28-16)15-34-20-9-7-19(8-10-20)29-24(14-26(30)31)21-4-2-3-5-25(21)35(29,32)33;1-2/h2-13,24H,14-15H2,1H3,(H,30,31);1-2H3. The zero-order valence-electron chi connectivity index (χ0n) is 20.7. The van der Waals surface area contributed by atoms with Gasteiger partial charge >= 0.3 is 5.97 Å². The second-order valence-electron chi connectivity index (χ2n) is 8.32. The highest BCUT2D eigenvalue weighted by Gasteiger charge is 2.43. The molecule has 1 unspecified atom stereocenters. The molecule has 0 spiro atoms. The van der Waals surface area contributed by atoms with E-state index in [-0.39, 0.29) is 23.7 Å².